The molecule has 0 saturated carbocycles. The molecule has 1 aliphatic carbocycles. The van der Waals surface area contributed by atoms with Gasteiger partial charge in [-0.1, -0.05) is 24.3 Å². The molecule has 154 valence electrons. The summed E-state index contributed by atoms with van der Waals surface area (Å²) in [6.07, 6.45) is -0.657. The molecule has 30 heavy (non-hydrogen) atoms. The lowest BCUT2D eigenvalue weighted by Crippen LogP contribution is -2.44. The lowest BCUT2D eigenvalue weighted by atomic mass is 9.73. The maximum atomic E-state index is 14.9. The van der Waals surface area contributed by atoms with Gasteiger partial charge in [0.25, 0.3) is 0 Å². The second-order valence-electron chi connectivity index (χ2n) is 7.33. The van der Waals surface area contributed by atoms with E-state index in [0.29, 0.717) is 0 Å². The van der Waals surface area contributed by atoms with E-state index in [0.717, 1.165) is 0 Å². The summed E-state index contributed by atoms with van der Waals surface area (Å²) in [5.41, 5.74) is -1.01. The number of alkyl halides is 4. The number of hydrogen-bond acceptors (Lipinski definition) is 4. The fourth-order valence-corrected chi connectivity index (χ4v) is 4.57. The average molecular weight is 418 g/mol. The van der Waals surface area contributed by atoms with E-state index in [4.69, 9.17) is 4.74 Å². The van der Waals surface area contributed by atoms with Crippen LogP contribution in [0.1, 0.15) is 38.8 Å². The van der Waals surface area contributed by atoms with Gasteiger partial charge in [-0.25, -0.2) is 13.8 Å². The topological polar surface area (TPSA) is 61.2 Å². The zero-order chi connectivity index (χ0) is 21.2. The van der Waals surface area contributed by atoms with E-state index in [1.54, 1.807) is 12.1 Å². The molecule has 0 N–H and O–H groups in total. The monoisotopic (exact) mass is 418 g/mol. The standard InChI is InChI=1S/C21H14F4N2O3/c22-20(23)17(28)15-14-13(19(29)21(24,25)12-5-8-30-18(12)14)10-3-1-2-4-11(10)16(15)27-7-6-26-9-27/h1-4,6-7,9,12,18,20H,5,8H2/t12-,18+/m0/s1. The minimum Gasteiger partial charge on any atom is -0.373 e. The summed E-state index contributed by atoms with van der Waals surface area (Å²) in [6, 6.07) is 6.10. The molecule has 0 bridgehead atoms. The van der Waals surface area contributed by atoms with Crippen LogP contribution in [0.4, 0.5) is 17.6 Å². The first-order chi connectivity index (χ1) is 14.3. The average Bonchev–Trinajstić information content (AvgIpc) is 3.42. The highest BCUT2D eigenvalue weighted by Crippen LogP contribution is 2.54. The van der Waals surface area contributed by atoms with Crippen LogP contribution in [0.5, 0.6) is 0 Å². The summed E-state index contributed by atoms with van der Waals surface area (Å²) < 4.78 is 64.1. The molecule has 5 nitrogen and oxygen atoms in total. The van der Waals surface area contributed by atoms with Crippen molar-refractivity contribution in [1.29, 1.82) is 0 Å². The lowest BCUT2D eigenvalue weighted by Gasteiger charge is -2.35. The smallest absolute Gasteiger partial charge is 0.315 e. The van der Waals surface area contributed by atoms with Gasteiger partial charge in [0.2, 0.25) is 11.6 Å². The molecule has 2 aromatic carbocycles. The highest BCUT2D eigenvalue weighted by Gasteiger charge is 2.59. The van der Waals surface area contributed by atoms with Gasteiger partial charge >= 0.3 is 12.3 Å². The number of aromatic nitrogens is 2. The molecule has 2 aliphatic rings. The minimum absolute atomic E-state index is 0.0623. The van der Waals surface area contributed by atoms with Gasteiger partial charge in [0.15, 0.2) is 0 Å². The summed E-state index contributed by atoms with van der Waals surface area (Å²) in [5.74, 6) is -8.26. The molecule has 0 radical (unpaired) electrons. The molecule has 1 saturated heterocycles. The highest BCUT2D eigenvalue weighted by molar-refractivity contribution is 6.20. The Morgan fingerprint density at radius 2 is 1.97 bits per heavy atom. The molecular formula is C21H14F4N2O3. The SMILES string of the molecule is O=C(c1c2c(c3ccccc3c1-n1ccnc1)C(=O)C(F)(F)[C@H]1CCO[C@@H]21)C(F)F. The molecular weight excluding hydrogens is 404 g/mol. The fourth-order valence-electron chi connectivity index (χ4n) is 4.57. The van der Waals surface area contributed by atoms with E-state index in [-0.39, 0.29) is 35.1 Å². The van der Waals surface area contributed by atoms with Crippen LogP contribution in [0.2, 0.25) is 0 Å². The van der Waals surface area contributed by atoms with E-state index in [1.807, 2.05) is 0 Å². The second kappa shape index (κ2) is 6.46. The van der Waals surface area contributed by atoms with Gasteiger partial charge in [0.1, 0.15) is 0 Å². The summed E-state index contributed by atoms with van der Waals surface area (Å²) >= 11 is 0. The van der Waals surface area contributed by atoms with Crippen molar-refractivity contribution < 1.29 is 31.9 Å². The first-order valence-electron chi connectivity index (χ1n) is 9.27. The van der Waals surface area contributed by atoms with Crippen molar-refractivity contribution in [3.8, 4) is 5.69 Å². The number of imidazole rings is 1. The third kappa shape index (κ3) is 2.41. The van der Waals surface area contributed by atoms with Crippen molar-refractivity contribution in [3.63, 3.8) is 0 Å². The molecule has 2 heterocycles. The van der Waals surface area contributed by atoms with Crippen LogP contribution in [0.15, 0.2) is 43.0 Å². The maximum absolute atomic E-state index is 14.9. The van der Waals surface area contributed by atoms with Crippen LogP contribution < -0.4 is 0 Å². The number of Topliss-reactive ketones (excluding diaryl/α,β-unsaturated/α-hetero) is 2. The highest BCUT2D eigenvalue weighted by atomic mass is 19.3. The van der Waals surface area contributed by atoms with Crippen molar-refractivity contribution in [3.05, 3.63) is 59.7 Å². The number of ketones is 2. The largest absolute Gasteiger partial charge is 0.373 e. The predicted octanol–water partition coefficient (Wildman–Crippen LogP) is 4.38. The Morgan fingerprint density at radius 3 is 2.63 bits per heavy atom. The number of nitrogens with zero attached hydrogens (tertiary/aromatic N) is 2. The lowest BCUT2D eigenvalue weighted by molar-refractivity contribution is -0.0630. The van der Waals surface area contributed by atoms with Gasteiger partial charge in [-0.05, 0) is 11.8 Å². The van der Waals surface area contributed by atoms with Gasteiger partial charge in [0.05, 0.1) is 29.6 Å². The second-order valence-corrected chi connectivity index (χ2v) is 7.33. The van der Waals surface area contributed by atoms with E-state index in [9.17, 15) is 27.2 Å². The van der Waals surface area contributed by atoms with Crippen LogP contribution in [0.25, 0.3) is 16.5 Å². The van der Waals surface area contributed by atoms with Crippen molar-refractivity contribution in [2.45, 2.75) is 24.9 Å². The number of fused-ring (bicyclic) bond motifs is 5. The maximum Gasteiger partial charge on any atom is 0.315 e. The molecule has 3 aromatic rings. The summed E-state index contributed by atoms with van der Waals surface area (Å²) in [6.45, 7) is -0.0623. The van der Waals surface area contributed by atoms with Crippen LogP contribution in [0.3, 0.4) is 0 Å². The molecule has 5 rings (SSSR count). The third-order valence-electron chi connectivity index (χ3n) is 5.81. The number of hydrogen-bond donors (Lipinski definition) is 0. The molecule has 1 aromatic heterocycles. The van der Waals surface area contributed by atoms with Crippen molar-refractivity contribution in [2.24, 2.45) is 5.92 Å². The summed E-state index contributed by atoms with van der Waals surface area (Å²) in [5, 5.41) is 0.375. The minimum atomic E-state index is -3.72. The van der Waals surface area contributed by atoms with Gasteiger partial charge in [-0.15, -0.1) is 0 Å². The predicted molar refractivity (Wildman–Crippen MR) is 97.5 cm³/mol. The zero-order valence-electron chi connectivity index (χ0n) is 15.3. The molecule has 9 heteroatoms. The Kier molecular flexibility index (Phi) is 4.08. The first-order valence-corrected chi connectivity index (χ1v) is 9.27. The van der Waals surface area contributed by atoms with Gasteiger partial charge < -0.3 is 9.30 Å². The van der Waals surface area contributed by atoms with Crippen LogP contribution in [-0.2, 0) is 4.74 Å². The Hall–Kier alpha value is -3.07. The number of ether oxygens (including phenoxy) is 1. The van der Waals surface area contributed by atoms with Crippen molar-refractivity contribution in [2.75, 3.05) is 6.61 Å². The normalized spacial score (nSPS) is 22.4. The summed E-state index contributed by atoms with van der Waals surface area (Å²) in [4.78, 5) is 29.5. The number of carbonyl (C=O) groups excluding carboxylic acids is 2. The number of carbonyl (C=O) groups is 2. The van der Waals surface area contributed by atoms with E-state index >= 15 is 0 Å². The Balaban J connectivity index is 2.00. The quantitative estimate of drug-likeness (QED) is 0.468. The number of rotatable bonds is 3. The van der Waals surface area contributed by atoms with Crippen LogP contribution in [-0.4, -0.2) is 40.1 Å². The molecule has 2 atom stereocenters. The number of halogens is 4. The van der Waals surface area contributed by atoms with Crippen LogP contribution >= 0.6 is 0 Å². The van der Waals surface area contributed by atoms with E-state index in [1.165, 1.54) is 35.4 Å². The zero-order valence-corrected chi connectivity index (χ0v) is 15.3. The molecule has 0 unspecified atom stereocenters. The van der Waals surface area contributed by atoms with E-state index in [2.05, 4.69) is 4.98 Å². The fraction of sp³-hybridized carbons (Fsp3) is 0.286. The molecule has 0 spiro atoms. The third-order valence-corrected chi connectivity index (χ3v) is 5.81. The first kappa shape index (κ1) is 18.9. The van der Waals surface area contributed by atoms with Gasteiger partial charge in [0, 0.05) is 35.5 Å². The molecule has 1 aliphatic heterocycles. The van der Waals surface area contributed by atoms with Crippen molar-refractivity contribution >= 4 is 22.3 Å². The molecule has 1 fully saturated rings. The van der Waals surface area contributed by atoms with Gasteiger partial charge in [-0.2, -0.15) is 8.78 Å². The number of benzene rings is 2. The Labute approximate surface area is 167 Å². The Morgan fingerprint density at radius 1 is 1.23 bits per heavy atom. The Bertz CT molecular complexity index is 1190. The van der Waals surface area contributed by atoms with Crippen molar-refractivity contribution in [1.82, 2.24) is 9.55 Å². The van der Waals surface area contributed by atoms with Gasteiger partial charge in [-0.3, -0.25) is 9.59 Å². The van der Waals surface area contributed by atoms with E-state index < -0.39 is 47.1 Å². The summed E-state index contributed by atoms with van der Waals surface area (Å²) in [7, 11) is 0. The molecule has 0 amide bonds. The van der Waals surface area contributed by atoms with Crippen LogP contribution in [0, 0.1) is 5.92 Å².